The third kappa shape index (κ3) is 4.51. The Kier molecular flexibility index (Phi) is 7.86. The number of carbonyl (C=O) groups is 2. The summed E-state index contributed by atoms with van der Waals surface area (Å²) in [4.78, 5) is 27.7. The Labute approximate surface area is 176 Å². The third-order valence-corrected chi connectivity index (χ3v) is 7.09. The van der Waals surface area contributed by atoms with Gasteiger partial charge in [0.05, 0.1) is 12.1 Å². The van der Waals surface area contributed by atoms with Crippen LogP contribution in [0, 0.1) is 17.3 Å². The van der Waals surface area contributed by atoms with Crippen LogP contribution >= 0.6 is 0 Å². The summed E-state index contributed by atoms with van der Waals surface area (Å²) in [5.74, 6) is 1.34. The largest absolute Gasteiger partial charge is 0.381 e. The van der Waals surface area contributed by atoms with Gasteiger partial charge in [-0.25, -0.2) is 0 Å². The Hall–Kier alpha value is -1.46. The standard InChI is InChI=1S/C24H39NO4/c1-8-9-11-24(14-18(3)19(4)26)23(5,15-20-13-17(20)2)21(10-12-28-6)22(27)25(24)16-29-7/h10,14,17,20H,8-9,11-13,15-16H2,1-7H3. The van der Waals surface area contributed by atoms with Crippen LogP contribution in [0.1, 0.15) is 66.7 Å². The van der Waals surface area contributed by atoms with E-state index in [-0.39, 0.29) is 18.4 Å². The van der Waals surface area contributed by atoms with E-state index in [0.29, 0.717) is 24.0 Å². The van der Waals surface area contributed by atoms with Crippen molar-refractivity contribution in [2.75, 3.05) is 27.6 Å². The molecule has 1 heterocycles. The first kappa shape index (κ1) is 23.8. The second-order valence-electron chi connectivity index (χ2n) is 9.14. The average molecular weight is 406 g/mol. The van der Waals surface area contributed by atoms with E-state index in [1.54, 1.807) is 21.1 Å². The number of unbranched alkanes of at least 4 members (excludes halogenated alkanes) is 1. The molecule has 4 atom stereocenters. The molecule has 0 aromatic heterocycles. The summed E-state index contributed by atoms with van der Waals surface area (Å²) in [5.41, 5.74) is 0.535. The van der Waals surface area contributed by atoms with Gasteiger partial charge in [0.1, 0.15) is 6.73 Å². The molecule has 0 bridgehead atoms. The van der Waals surface area contributed by atoms with Gasteiger partial charge in [-0.1, -0.05) is 39.7 Å². The topological polar surface area (TPSA) is 55.8 Å². The van der Waals surface area contributed by atoms with Gasteiger partial charge in [0.2, 0.25) is 0 Å². The lowest BCUT2D eigenvalue weighted by atomic mass is 9.63. The summed E-state index contributed by atoms with van der Waals surface area (Å²) in [7, 11) is 3.27. The number of allylic oxidation sites excluding steroid dienone is 1. The van der Waals surface area contributed by atoms with Crippen LogP contribution < -0.4 is 0 Å². The SMILES string of the molecule is CCCCC1(C=C(C)C(C)=O)N(COC)C(=O)C(=CCOC)C1(C)CC1CC1C. The van der Waals surface area contributed by atoms with Crippen molar-refractivity contribution in [1.29, 1.82) is 0 Å². The van der Waals surface area contributed by atoms with Crippen LogP contribution in [0.2, 0.25) is 0 Å². The van der Waals surface area contributed by atoms with Crippen molar-refractivity contribution in [3.05, 3.63) is 23.3 Å². The quantitative estimate of drug-likeness (QED) is 0.474. The minimum atomic E-state index is -0.576. The molecule has 0 radical (unpaired) electrons. The molecule has 1 aliphatic carbocycles. The van der Waals surface area contributed by atoms with Crippen molar-refractivity contribution in [1.82, 2.24) is 4.90 Å². The molecule has 2 aliphatic rings. The summed E-state index contributed by atoms with van der Waals surface area (Å²) < 4.78 is 10.8. The highest BCUT2D eigenvalue weighted by atomic mass is 16.5. The molecule has 2 fully saturated rings. The summed E-state index contributed by atoms with van der Waals surface area (Å²) in [5, 5.41) is 0. The predicted molar refractivity (Wildman–Crippen MR) is 115 cm³/mol. The molecule has 1 amide bonds. The number of hydrogen-bond acceptors (Lipinski definition) is 4. The highest BCUT2D eigenvalue weighted by molar-refractivity contribution is 6.00. The van der Waals surface area contributed by atoms with Crippen molar-refractivity contribution >= 4 is 11.7 Å². The second kappa shape index (κ2) is 9.57. The number of Topliss-reactive ketones (excluding diaryl/α,β-unsaturated/α-hetero) is 1. The molecule has 4 unspecified atom stereocenters. The number of hydrogen-bond donors (Lipinski definition) is 0. The van der Waals surface area contributed by atoms with E-state index < -0.39 is 11.0 Å². The highest BCUT2D eigenvalue weighted by Gasteiger charge is 2.63. The van der Waals surface area contributed by atoms with Gasteiger partial charge in [-0.2, -0.15) is 0 Å². The van der Waals surface area contributed by atoms with E-state index >= 15 is 0 Å². The molecule has 5 nitrogen and oxygen atoms in total. The fraction of sp³-hybridized carbons (Fsp3) is 0.750. The maximum Gasteiger partial charge on any atom is 0.252 e. The molecule has 1 aliphatic heterocycles. The Morgan fingerprint density at radius 1 is 1.28 bits per heavy atom. The van der Waals surface area contributed by atoms with Crippen molar-refractivity contribution in [3.63, 3.8) is 0 Å². The molecule has 164 valence electrons. The zero-order valence-electron chi connectivity index (χ0n) is 19.3. The number of ether oxygens (including phenoxy) is 2. The van der Waals surface area contributed by atoms with Gasteiger partial charge >= 0.3 is 0 Å². The van der Waals surface area contributed by atoms with Crippen molar-refractivity contribution in [2.45, 2.75) is 72.3 Å². The normalized spacial score (nSPS) is 33.6. The van der Waals surface area contributed by atoms with Gasteiger partial charge in [0, 0.05) is 25.2 Å². The second-order valence-corrected chi connectivity index (χ2v) is 9.14. The molecule has 5 heteroatoms. The zero-order valence-corrected chi connectivity index (χ0v) is 19.3. The van der Waals surface area contributed by atoms with Gasteiger partial charge in [-0.15, -0.1) is 0 Å². The zero-order chi connectivity index (χ0) is 21.8. The molecular formula is C24H39NO4. The van der Waals surface area contributed by atoms with Crippen molar-refractivity contribution < 1.29 is 19.1 Å². The van der Waals surface area contributed by atoms with Crippen molar-refractivity contribution in [3.8, 4) is 0 Å². The van der Waals surface area contributed by atoms with Crippen LogP contribution in [-0.4, -0.2) is 49.7 Å². The summed E-state index contributed by atoms with van der Waals surface area (Å²) in [6.07, 6.45) is 8.96. The molecule has 1 saturated carbocycles. The Morgan fingerprint density at radius 3 is 2.41 bits per heavy atom. The van der Waals surface area contributed by atoms with E-state index in [1.165, 1.54) is 6.42 Å². The van der Waals surface area contributed by atoms with Crippen LogP contribution in [0.15, 0.2) is 23.3 Å². The third-order valence-electron chi connectivity index (χ3n) is 7.09. The number of rotatable bonds is 11. The molecule has 1 saturated heterocycles. The van der Waals surface area contributed by atoms with E-state index in [0.717, 1.165) is 31.3 Å². The number of ketones is 1. The van der Waals surface area contributed by atoms with Crippen LogP contribution in [0.3, 0.4) is 0 Å². The first-order valence-electron chi connectivity index (χ1n) is 10.9. The number of likely N-dealkylation sites (tertiary alicyclic amines) is 1. The summed E-state index contributed by atoms with van der Waals surface area (Å²) in [6, 6.07) is 0. The van der Waals surface area contributed by atoms with E-state index in [1.807, 2.05) is 17.9 Å². The first-order valence-corrected chi connectivity index (χ1v) is 10.9. The Bertz CT molecular complexity index is 682. The molecule has 0 N–H and O–H groups in total. The van der Waals surface area contributed by atoms with Gasteiger partial charge in [0.15, 0.2) is 5.78 Å². The summed E-state index contributed by atoms with van der Waals surface area (Å²) in [6.45, 7) is 10.7. The van der Waals surface area contributed by atoms with E-state index in [9.17, 15) is 9.59 Å². The smallest absolute Gasteiger partial charge is 0.252 e. The molecule has 2 rings (SSSR count). The molecule has 29 heavy (non-hydrogen) atoms. The van der Waals surface area contributed by atoms with Crippen molar-refractivity contribution in [2.24, 2.45) is 17.3 Å². The van der Waals surface area contributed by atoms with Crippen LogP contribution in [-0.2, 0) is 19.1 Å². The van der Waals surface area contributed by atoms with Gasteiger partial charge in [-0.05, 0) is 56.6 Å². The first-order chi connectivity index (χ1) is 13.7. The number of nitrogens with zero attached hydrogens (tertiary/aromatic N) is 1. The molecule has 0 aromatic rings. The van der Waals surface area contributed by atoms with E-state index in [2.05, 4.69) is 26.8 Å². The maximum absolute atomic E-state index is 13.6. The highest BCUT2D eigenvalue weighted by Crippen LogP contribution is 2.60. The van der Waals surface area contributed by atoms with Crippen LogP contribution in [0.5, 0.6) is 0 Å². The number of carbonyl (C=O) groups excluding carboxylic acids is 2. The lowest BCUT2D eigenvalue weighted by Gasteiger charge is -2.47. The minimum absolute atomic E-state index is 0.00316. The molecular weight excluding hydrogens is 366 g/mol. The monoisotopic (exact) mass is 405 g/mol. The van der Waals surface area contributed by atoms with Crippen LogP contribution in [0.25, 0.3) is 0 Å². The average Bonchev–Trinajstić information content (AvgIpc) is 3.33. The Balaban J connectivity index is 2.72. The number of amides is 1. The predicted octanol–water partition coefficient (Wildman–Crippen LogP) is 4.52. The Morgan fingerprint density at radius 2 is 1.93 bits per heavy atom. The lowest BCUT2D eigenvalue weighted by Crippen LogP contribution is -2.53. The fourth-order valence-electron chi connectivity index (χ4n) is 5.00. The van der Waals surface area contributed by atoms with Crippen LogP contribution in [0.4, 0.5) is 0 Å². The number of methoxy groups -OCH3 is 2. The maximum atomic E-state index is 13.6. The minimum Gasteiger partial charge on any atom is -0.381 e. The lowest BCUT2D eigenvalue weighted by molar-refractivity contribution is -0.135. The van der Waals surface area contributed by atoms with E-state index in [4.69, 9.17) is 9.47 Å². The fourth-order valence-corrected chi connectivity index (χ4v) is 5.00. The van der Waals surface area contributed by atoms with Gasteiger partial charge < -0.3 is 14.4 Å². The van der Waals surface area contributed by atoms with Gasteiger partial charge in [-0.3, -0.25) is 9.59 Å². The molecule has 0 aromatic carbocycles. The van der Waals surface area contributed by atoms with Gasteiger partial charge in [0.25, 0.3) is 5.91 Å². The molecule has 0 spiro atoms. The summed E-state index contributed by atoms with van der Waals surface area (Å²) >= 11 is 0.